The van der Waals surface area contributed by atoms with Crippen LogP contribution in [0, 0.1) is 10.1 Å². The van der Waals surface area contributed by atoms with E-state index in [0.717, 1.165) is 0 Å². The van der Waals surface area contributed by atoms with Crippen LogP contribution in [0.15, 0.2) is 12.1 Å². The van der Waals surface area contributed by atoms with Crippen molar-refractivity contribution in [3.8, 4) is 11.5 Å². The Labute approximate surface area is 86.6 Å². The minimum Gasteiger partial charge on any atom is -0.503 e. The lowest BCUT2D eigenvalue weighted by Crippen LogP contribution is -1.99. The number of nitrogens with zero attached hydrogens (tertiary/aromatic N) is 1. The molecular weight excluding hydrogens is 200 g/mol. The molecule has 6 heteroatoms. The highest BCUT2D eigenvalue weighted by molar-refractivity contribution is 5.67. The zero-order chi connectivity index (χ0) is 11.4. The molecule has 6 nitrogen and oxygen atoms in total. The Hall–Kier alpha value is -1.98. The molecule has 0 amide bonds. The van der Waals surface area contributed by atoms with Crippen molar-refractivity contribution in [1.82, 2.24) is 0 Å². The number of hydrogen-bond acceptors (Lipinski definition) is 5. The van der Waals surface area contributed by atoms with E-state index in [1.54, 1.807) is 0 Å². The molecule has 1 aromatic rings. The zero-order valence-electron chi connectivity index (χ0n) is 8.48. The number of nitrogens with one attached hydrogen (secondary N) is 1. The van der Waals surface area contributed by atoms with Gasteiger partial charge < -0.3 is 15.2 Å². The van der Waals surface area contributed by atoms with Crippen LogP contribution in [0.2, 0.25) is 0 Å². The van der Waals surface area contributed by atoms with E-state index in [0.29, 0.717) is 12.2 Å². The molecule has 0 heterocycles. The van der Waals surface area contributed by atoms with Crippen molar-refractivity contribution < 1.29 is 14.8 Å². The van der Waals surface area contributed by atoms with Gasteiger partial charge in [-0.15, -0.1) is 0 Å². The predicted octanol–water partition coefficient (Wildman–Crippen LogP) is 1.74. The first-order valence-electron chi connectivity index (χ1n) is 4.39. The molecule has 0 unspecified atom stereocenters. The summed E-state index contributed by atoms with van der Waals surface area (Å²) >= 11 is 0. The Kier molecular flexibility index (Phi) is 3.33. The van der Waals surface area contributed by atoms with E-state index < -0.39 is 4.92 Å². The van der Waals surface area contributed by atoms with Gasteiger partial charge in [0.15, 0.2) is 11.5 Å². The van der Waals surface area contributed by atoms with E-state index in [4.69, 9.17) is 4.74 Å². The van der Waals surface area contributed by atoms with Crippen LogP contribution < -0.4 is 10.1 Å². The van der Waals surface area contributed by atoms with E-state index in [9.17, 15) is 15.2 Å². The number of non-ortho nitro benzene ring substituents is 1. The number of nitro benzene ring substituents is 1. The molecule has 0 atom stereocenters. The topological polar surface area (TPSA) is 84.6 Å². The van der Waals surface area contributed by atoms with Crippen molar-refractivity contribution in [2.75, 3.05) is 19.0 Å². The first-order chi connectivity index (χ1) is 7.10. The summed E-state index contributed by atoms with van der Waals surface area (Å²) in [5.74, 6) is -0.0369. The van der Waals surface area contributed by atoms with Gasteiger partial charge in [-0.1, -0.05) is 0 Å². The molecule has 0 spiro atoms. The van der Waals surface area contributed by atoms with Gasteiger partial charge in [0, 0.05) is 12.6 Å². The lowest BCUT2D eigenvalue weighted by molar-refractivity contribution is -0.384. The fourth-order valence-corrected chi connectivity index (χ4v) is 1.18. The first-order valence-corrected chi connectivity index (χ1v) is 4.39. The second-order valence-electron chi connectivity index (χ2n) is 2.83. The van der Waals surface area contributed by atoms with Crippen LogP contribution in [-0.4, -0.2) is 23.7 Å². The molecule has 1 rings (SSSR count). The van der Waals surface area contributed by atoms with Gasteiger partial charge in [0.05, 0.1) is 23.8 Å². The average Bonchev–Trinajstić information content (AvgIpc) is 2.21. The summed E-state index contributed by atoms with van der Waals surface area (Å²) in [6, 6.07) is 2.44. The lowest BCUT2D eigenvalue weighted by Gasteiger charge is -2.09. The number of nitro groups is 1. The third-order valence-electron chi connectivity index (χ3n) is 1.86. The zero-order valence-corrected chi connectivity index (χ0v) is 8.48. The van der Waals surface area contributed by atoms with Crippen molar-refractivity contribution >= 4 is 11.4 Å². The summed E-state index contributed by atoms with van der Waals surface area (Å²) < 4.78 is 4.83. The molecule has 0 aliphatic heterocycles. The van der Waals surface area contributed by atoms with E-state index >= 15 is 0 Å². The van der Waals surface area contributed by atoms with Gasteiger partial charge in [-0.2, -0.15) is 0 Å². The molecule has 0 aromatic heterocycles. The Bertz CT molecular complexity index is 379. The van der Waals surface area contributed by atoms with Gasteiger partial charge in [-0.05, 0) is 6.92 Å². The number of anilines is 1. The van der Waals surface area contributed by atoms with Crippen LogP contribution in [0.1, 0.15) is 6.92 Å². The second kappa shape index (κ2) is 4.50. The Morgan fingerprint density at radius 3 is 2.73 bits per heavy atom. The minimum absolute atomic E-state index is 0.0835. The fraction of sp³-hybridized carbons (Fsp3) is 0.333. The smallest absolute Gasteiger partial charge is 0.275 e. The number of phenols is 1. The second-order valence-corrected chi connectivity index (χ2v) is 2.83. The van der Waals surface area contributed by atoms with Crippen molar-refractivity contribution in [3.63, 3.8) is 0 Å². The Morgan fingerprint density at radius 2 is 2.27 bits per heavy atom. The summed E-state index contributed by atoms with van der Waals surface area (Å²) in [5, 5.41) is 23.0. The van der Waals surface area contributed by atoms with Crippen LogP contribution in [0.3, 0.4) is 0 Å². The van der Waals surface area contributed by atoms with E-state index in [1.807, 2.05) is 6.92 Å². The number of methoxy groups -OCH3 is 1. The third kappa shape index (κ3) is 2.28. The molecule has 0 aliphatic carbocycles. The van der Waals surface area contributed by atoms with Crippen LogP contribution in [0.4, 0.5) is 11.4 Å². The third-order valence-corrected chi connectivity index (χ3v) is 1.86. The number of benzene rings is 1. The number of rotatable bonds is 4. The van der Waals surface area contributed by atoms with Crippen LogP contribution in [-0.2, 0) is 0 Å². The molecule has 2 N–H and O–H groups in total. The molecule has 0 bridgehead atoms. The van der Waals surface area contributed by atoms with Gasteiger partial charge in [0.2, 0.25) is 0 Å². The maximum atomic E-state index is 10.6. The predicted molar refractivity (Wildman–Crippen MR) is 55.5 cm³/mol. The molecule has 0 fully saturated rings. The summed E-state index contributed by atoms with van der Waals surface area (Å²) in [6.45, 7) is 2.38. The molecule has 0 saturated carbocycles. The molecular formula is C9H12N2O4. The van der Waals surface area contributed by atoms with Gasteiger partial charge in [-0.3, -0.25) is 10.1 Å². The number of hydrogen-bond donors (Lipinski definition) is 2. The Morgan fingerprint density at radius 1 is 1.60 bits per heavy atom. The van der Waals surface area contributed by atoms with Crippen LogP contribution in [0.25, 0.3) is 0 Å². The molecule has 0 saturated heterocycles. The molecule has 1 aromatic carbocycles. The van der Waals surface area contributed by atoms with E-state index in [2.05, 4.69) is 5.32 Å². The largest absolute Gasteiger partial charge is 0.503 e. The summed E-state index contributed by atoms with van der Waals surface area (Å²) in [7, 11) is 1.34. The molecule has 0 aliphatic rings. The normalized spacial score (nSPS) is 9.73. The maximum absolute atomic E-state index is 10.6. The monoisotopic (exact) mass is 212 g/mol. The summed E-state index contributed by atoms with van der Waals surface area (Å²) in [5.41, 5.74) is 0.171. The average molecular weight is 212 g/mol. The quantitative estimate of drug-likeness (QED) is 0.451. The van der Waals surface area contributed by atoms with Crippen molar-refractivity contribution in [2.24, 2.45) is 0 Å². The van der Waals surface area contributed by atoms with Gasteiger partial charge in [0.25, 0.3) is 5.69 Å². The maximum Gasteiger partial charge on any atom is 0.275 e. The van der Waals surface area contributed by atoms with Crippen LogP contribution >= 0.6 is 0 Å². The van der Waals surface area contributed by atoms with Crippen molar-refractivity contribution in [2.45, 2.75) is 6.92 Å². The highest BCUT2D eigenvalue weighted by atomic mass is 16.6. The summed E-state index contributed by atoms with van der Waals surface area (Å²) in [4.78, 5) is 10.0. The standard InChI is InChI=1S/C9H12N2O4/c1-3-10-7-4-6(11(13)14)5-8(15-2)9(7)12/h4-5,10,12H,3H2,1-2H3. The van der Waals surface area contributed by atoms with Crippen LogP contribution in [0.5, 0.6) is 11.5 Å². The molecule has 15 heavy (non-hydrogen) atoms. The highest BCUT2D eigenvalue weighted by Crippen LogP contribution is 2.37. The summed E-state index contributed by atoms with van der Waals surface area (Å²) in [6.07, 6.45) is 0. The fourth-order valence-electron chi connectivity index (χ4n) is 1.18. The minimum atomic E-state index is -0.539. The van der Waals surface area contributed by atoms with Gasteiger partial charge in [-0.25, -0.2) is 0 Å². The van der Waals surface area contributed by atoms with E-state index in [1.165, 1.54) is 19.2 Å². The first kappa shape index (κ1) is 11.1. The van der Waals surface area contributed by atoms with E-state index in [-0.39, 0.29) is 17.2 Å². The van der Waals surface area contributed by atoms with Crippen molar-refractivity contribution in [3.05, 3.63) is 22.2 Å². The number of aromatic hydroxyl groups is 1. The lowest BCUT2D eigenvalue weighted by atomic mass is 10.2. The number of ether oxygens (including phenoxy) is 1. The van der Waals surface area contributed by atoms with Gasteiger partial charge in [0.1, 0.15) is 0 Å². The number of phenolic OH excluding ortho intramolecular Hbond substituents is 1. The highest BCUT2D eigenvalue weighted by Gasteiger charge is 2.15. The molecule has 0 radical (unpaired) electrons. The SMILES string of the molecule is CCNc1cc([N+](=O)[O-])cc(OC)c1O. The van der Waals surface area contributed by atoms with Gasteiger partial charge >= 0.3 is 0 Å². The van der Waals surface area contributed by atoms with Crippen molar-refractivity contribution in [1.29, 1.82) is 0 Å². The molecule has 82 valence electrons. The Balaban J connectivity index is 3.25.